The van der Waals surface area contributed by atoms with Crippen molar-refractivity contribution in [3.05, 3.63) is 27.7 Å². The molecule has 1 N–H and O–H groups in total. The average Bonchev–Trinajstić information content (AvgIpc) is 2.92. The maximum Gasteiger partial charge on any atom is 0.223 e. The summed E-state index contributed by atoms with van der Waals surface area (Å²) in [6, 6.07) is 1.46. The predicted octanol–water partition coefficient (Wildman–Crippen LogP) is 0.738. The van der Waals surface area contributed by atoms with Gasteiger partial charge in [-0.2, -0.15) is 0 Å². The van der Waals surface area contributed by atoms with Gasteiger partial charge in [0.2, 0.25) is 5.43 Å². The molecule has 1 aromatic rings. The normalized spacial score (nSPS) is 22.0. The number of likely N-dealkylation sites (tertiary alicyclic amines) is 1. The van der Waals surface area contributed by atoms with Crippen LogP contribution >= 0.6 is 0 Å². The molecule has 2 aliphatic heterocycles. The van der Waals surface area contributed by atoms with Crippen molar-refractivity contribution in [3.8, 4) is 5.75 Å². The van der Waals surface area contributed by atoms with Crippen LogP contribution in [0.1, 0.15) is 24.2 Å². The lowest BCUT2D eigenvalue weighted by Crippen LogP contribution is -2.45. The molecule has 6 nitrogen and oxygen atoms in total. The highest BCUT2D eigenvalue weighted by atomic mass is 16.7. The molecule has 0 bridgehead atoms. The van der Waals surface area contributed by atoms with Gasteiger partial charge >= 0.3 is 0 Å². The van der Waals surface area contributed by atoms with Crippen LogP contribution in [0.2, 0.25) is 0 Å². The zero-order valence-corrected chi connectivity index (χ0v) is 12.6. The van der Waals surface area contributed by atoms with E-state index in [1.54, 1.807) is 0 Å². The first-order chi connectivity index (χ1) is 10.0. The third-order valence-electron chi connectivity index (χ3n) is 4.59. The molecule has 0 atom stereocenters. The zero-order chi connectivity index (χ0) is 15.0. The molecular formula is C15H22N2O4. The predicted molar refractivity (Wildman–Crippen MR) is 77.2 cm³/mol. The number of rotatable bonds is 2. The van der Waals surface area contributed by atoms with E-state index in [4.69, 9.17) is 9.47 Å². The molecule has 0 unspecified atom stereocenters. The summed E-state index contributed by atoms with van der Waals surface area (Å²) in [5.41, 5.74) is 1.21. The first-order valence-electron chi connectivity index (χ1n) is 7.39. The first-order valence-corrected chi connectivity index (χ1v) is 7.39. The lowest BCUT2D eigenvalue weighted by atomic mass is 10.0. The fraction of sp³-hybridized carbons (Fsp3) is 0.667. The number of nitrogens with zero attached hydrogens (tertiary/aromatic N) is 2. The van der Waals surface area contributed by atoms with Crippen LogP contribution in [0.25, 0.3) is 0 Å². The Morgan fingerprint density at radius 1 is 1.29 bits per heavy atom. The van der Waals surface area contributed by atoms with Gasteiger partial charge in [-0.15, -0.1) is 0 Å². The molecule has 0 radical (unpaired) electrons. The molecule has 1 aromatic heterocycles. The van der Waals surface area contributed by atoms with Crippen LogP contribution in [0.4, 0.5) is 0 Å². The van der Waals surface area contributed by atoms with Crippen LogP contribution in [-0.2, 0) is 23.1 Å². The topological polar surface area (TPSA) is 63.9 Å². The summed E-state index contributed by atoms with van der Waals surface area (Å²) < 4.78 is 13.3. The number of aromatic hydroxyl groups is 1. The van der Waals surface area contributed by atoms with Gasteiger partial charge in [-0.1, -0.05) is 0 Å². The van der Waals surface area contributed by atoms with Crippen molar-refractivity contribution < 1.29 is 14.6 Å². The Labute approximate surface area is 123 Å². The van der Waals surface area contributed by atoms with Crippen LogP contribution in [0, 0.1) is 6.92 Å². The number of aromatic nitrogens is 1. The van der Waals surface area contributed by atoms with Gasteiger partial charge in [0.25, 0.3) is 0 Å². The summed E-state index contributed by atoms with van der Waals surface area (Å²) in [5, 5.41) is 10.0. The van der Waals surface area contributed by atoms with E-state index in [2.05, 4.69) is 4.90 Å². The molecule has 1 spiro atoms. The highest BCUT2D eigenvalue weighted by Crippen LogP contribution is 2.32. The third kappa shape index (κ3) is 2.71. The fourth-order valence-electron chi connectivity index (χ4n) is 3.10. The highest BCUT2D eigenvalue weighted by molar-refractivity contribution is 5.29. The Morgan fingerprint density at radius 2 is 1.90 bits per heavy atom. The molecule has 0 saturated carbocycles. The van der Waals surface area contributed by atoms with Gasteiger partial charge in [0, 0.05) is 51.3 Å². The second-order valence-corrected chi connectivity index (χ2v) is 5.89. The second kappa shape index (κ2) is 5.44. The van der Waals surface area contributed by atoms with Gasteiger partial charge in [-0.05, 0) is 6.92 Å². The molecule has 3 rings (SSSR count). The van der Waals surface area contributed by atoms with E-state index in [0.717, 1.165) is 31.6 Å². The van der Waals surface area contributed by atoms with Gasteiger partial charge in [-0.3, -0.25) is 9.69 Å². The molecule has 6 heteroatoms. The molecule has 2 fully saturated rings. The molecule has 0 amide bonds. The number of hydrogen-bond acceptors (Lipinski definition) is 5. The summed E-state index contributed by atoms with van der Waals surface area (Å²) >= 11 is 0. The molecule has 21 heavy (non-hydrogen) atoms. The van der Waals surface area contributed by atoms with Gasteiger partial charge in [0.05, 0.1) is 18.9 Å². The van der Waals surface area contributed by atoms with Crippen molar-refractivity contribution in [3.63, 3.8) is 0 Å². The van der Waals surface area contributed by atoms with Gasteiger partial charge < -0.3 is 19.1 Å². The van der Waals surface area contributed by atoms with Crippen LogP contribution < -0.4 is 5.43 Å². The van der Waals surface area contributed by atoms with Crippen LogP contribution in [0.15, 0.2) is 10.9 Å². The average molecular weight is 294 g/mol. The molecule has 116 valence electrons. The monoisotopic (exact) mass is 294 g/mol. The van der Waals surface area contributed by atoms with E-state index >= 15 is 0 Å². The van der Waals surface area contributed by atoms with Gasteiger partial charge in [0.1, 0.15) is 0 Å². The summed E-state index contributed by atoms with van der Waals surface area (Å²) in [5.74, 6) is -0.534. The minimum Gasteiger partial charge on any atom is -0.503 e. The zero-order valence-electron chi connectivity index (χ0n) is 12.6. The largest absolute Gasteiger partial charge is 0.503 e. The van der Waals surface area contributed by atoms with E-state index in [1.807, 2.05) is 18.5 Å². The van der Waals surface area contributed by atoms with E-state index in [-0.39, 0.29) is 11.2 Å². The number of piperidine rings is 1. The summed E-state index contributed by atoms with van der Waals surface area (Å²) in [6.45, 7) is 5.45. The number of hydrogen-bond donors (Lipinski definition) is 1. The molecule has 2 saturated heterocycles. The number of ether oxygens (including phenoxy) is 2. The second-order valence-electron chi connectivity index (χ2n) is 5.89. The van der Waals surface area contributed by atoms with E-state index in [9.17, 15) is 9.90 Å². The van der Waals surface area contributed by atoms with Gasteiger partial charge in [0.15, 0.2) is 11.5 Å². The van der Waals surface area contributed by atoms with Gasteiger partial charge in [-0.25, -0.2) is 0 Å². The molecular weight excluding hydrogens is 272 g/mol. The van der Waals surface area contributed by atoms with E-state index in [0.29, 0.717) is 25.5 Å². The maximum atomic E-state index is 11.7. The molecule has 0 aromatic carbocycles. The quantitative estimate of drug-likeness (QED) is 0.871. The molecule has 2 aliphatic rings. The molecule has 3 heterocycles. The summed E-state index contributed by atoms with van der Waals surface area (Å²) in [7, 11) is 1.87. The van der Waals surface area contributed by atoms with Crippen molar-refractivity contribution in [2.45, 2.75) is 32.1 Å². The van der Waals surface area contributed by atoms with E-state index < -0.39 is 5.79 Å². The van der Waals surface area contributed by atoms with Crippen molar-refractivity contribution in [1.82, 2.24) is 9.47 Å². The Morgan fingerprint density at radius 3 is 2.52 bits per heavy atom. The lowest BCUT2D eigenvalue weighted by Gasteiger charge is -2.37. The van der Waals surface area contributed by atoms with Crippen molar-refractivity contribution in [2.75, 3.05) is 26.3 Å². The maximum absolute atomic E-state index is 11.7. The van der Waals surface area contributed by atoms with Crippen molar-refractivity contribution in [2.24, 2.45) is 7.05 Å². The Balaban J connectivity index is 1.72. The number of aryl methyl sites for hydroxylation is 1. The van der Waals surface area contributed by atoms with Crippen LogP contribution in [0.3, 0.4) is 0 Å². The minimum absolute atomic E-state index is 0.142. The standard InChI is InChI=1S/C15H22N2O4/c1-11-9-13(18)14(19)12(16(11)2)10-17-5-3-15(4-6-17)20-7-8-21-15/h9,19H,3-8,10H2,1-2H3. The van der Waals surface area contributed by atoms with Crippen molar-refractivity contribution >= 4 is 0 Å². The fourth-order valence-corrected chi connectivity index (χ4v) is 3.10. The third-order valence-corrected chi connectivity index (χ3v) is 4.59. The van der Waals surface area contributed by atoms with Crippen LogP contribution in [0.5, 0.6) is 5.75 Å². The minimum atomic E-state index is -0.392. The summed E-state index contributed by atoms with van der Waals surface area (Å²) in [6.07, 6.45) is 1.65. The lowest BCUT2D eigenvalue weighted by molar-refractivity contribution is -0.185. The SMILES string of the molecule is Cc1cc(=O)c(O)c(CN2CCC3(CC2)OCCO3)n1C. The Bertz CT molecular complexity index is 580. The summed E-state index contributed by atoms with van der Waals surface area (Å²) in [4.78, 5) is 14.0. The highest BCUT2D eigenvalue weighted by Gasteiger charge is 2.39. The van der Waals surface area contributed by atoms with Crippen LogP contribution in [-0.4, -0.2) is 46.7 Å². The smallest absolute Gasteiger partial charge is 0.223 e. The first kappa shape index (κ1) is 14.6. The van der Waals surface area contributed by atoms with E-state index in [1.165, 1.54) is 6.07 Å². The molecule has 0 aliphatic carbocycles. The Kier molecular flexibility index (Phi) is 3.77. The Hall–Kier alpha value is -1.37. The number of pyridine rings is 1. The van der Waals surface area contributed by atoms with Crippen molar-refractivity contribution in [1.29, 1.82) is 0 Å².